The van der Waals surface area contributed by atoms with E-state index in [1.165, 1.54) is 109 Å². The Morgan fingerprint density at radius 1 is 0.343 bits per heavy atom. The fourth-order valence-corrected chi connectivity index (χ4v) is 7.97. The van der Waals surface area contributed by atoms with Crippen LogP contribution >= 0.6 is 0 Å². The standard InChI is InChI=1S/C49H36N6O11S2.2Na/c56-45(50-35-15-7-31(8-16-35)47(58)54-43-5-1-3-33-27-39(67(61,62)63)23-25-41(33)43)29-11-19-37(20-12-29)52-49(60)53-38-21-13-30(14-22-38)46(57)51-36-17-9-32(10-18-36)48(59)55-44-6-2-4-34-28-40(68(64,65)66)24-26-42(34)44;;/h1-28H,(H,50,56)(H,51,57)(H,54,58)(H,55,59)(H2,52,53,60)(H,61,62,63)(H,64,65,66);;/q;2*+1/p-2. The van der Waals surface area contributed by atoms with Gasteiger partial charge in [0.2, 0.25) is 0 Å². The molecule has 0 saturated heterocycles. The van der Waals surface area contributed by atoms with E-state index in [2.05, 4.69) is 31.9 Å². The van der Waals surface area contributed by atoms with Crippen molar-refractivity contribution in [2.24, 2.45) is 0 Å². The molecule has 340 valence electrons. The van der Waals surface area contributed by atoms with Crippen molar-refractivity contribution in [3.63, 3.8) is 0 Å². The number of nitrogens with one attached hydrogen (secondary N) is 6. The summed E-state index contributed by atoms with van der Waals surface area (Å²) in [6.07, 6.45) is 0. The zero-order valence-electron chi connectivity index (χ0n) is 37.0. The van der Waals surface area contributed by atoms with Crippen molar-refractivity contribution in [3.8, 4) is 0 Å². The van der Waals surface area contributed by atoms with E-state index >= 15 is 0 Å². The van der Waals surface area contributed by atoms with Gasteiger partial charge in [-0.3, -0.25) is 19.2 Å². The van der Waals surface area contributed by atoms with Gasteiger partial charge in [0.1, 0.15) is 20.2 Å². The van der Waals surface area contributed by atoms with E-state index in [4.69, 9.17) is 0 Å². The minimum absolute atomic E-state index is 0. The average molecular weight is 993 g/mol. The van der Waals surface area contributed by atoms with Gasteiger partial charge in [0.05, 0.1) is 9.79 Å². The second-order valence-corrected chi connectivity index (χ2v) is 17.7. The predicted molar refractivity (Wildman–Crippen MR) is 254 cm³/mol. The third kappa shape index (κ3) is 12.9. The van der Waals surface area contributed by atoms with Gasteiger partial charge in [-0.05, 0) is 144 Å². The molecule has 6 N–H and O–H groups in total. The Morgan fingerprint density at radius 3 is 0.929 bits per heavy atom. The van der Waals surface area contributed by atoms with E-state index in [-0.39, 0.29) is 91.2 Å². The molecule has 0 unspecified atom stereocenters. The Morgan fingerprint density at radius 2 is 0.629 bits per heavy atom. The molecule has 8 rings (SSSR count). The van der Waals surface area contributed by atoms with Crippen molar-refractivity contribution in [1.82, 2.24) is 0 Å². The van der Waals surface area contributed by atoms with Gasteiger partial charge in [0, 0.05) is 67.2 Å². The summed E-state index contributed by atoms with van der Waals surface area (Å²) in [5.74, 6) is -1.81. The summed E-state index contributed by atoms with van der Waals surface area (Å²) in [7, 11) is -9.30. The summed E-state index contributed by atoms with van der Waals surface area (Å²) >= 11 is 0. The van der Waals surface area contributed by atoms with Gasteiger partial charge in [0.25, 0.3) is 23.6 Å². The minimum atomic E-state index is -4.65. The number of amides is 6. The second kappa shape index (κ2) is 22.3. The molecule has 0 saturated carbocycles. The fourth-order valence-electron chi connectivity index (χ4n) is 6.96. The van der Waals surface area contributed by atoms with E-state index in [9.17, 15) is 49.9 Å². The number of benzene rings is 8. The maximum atomic E-state index is 13.0. The molecular formula is C49H34N6Na2O11S2. The van der Waals surface area contributed by atoms with Crippen molar-refractivity contribution in [2.75, 3.05) is 31.9 Å². The van der Waals surface area contributed by atoms with Crippen LogP contribution in [-0.2, 0) is 20.2 Å². The molecule has 0 radical (unpaired) electrons. The van der Waals surface area contributed by atoms with Crippen molar-refractivity contribution < 1.29 is 109 Å². The molecule has 70 heavy (non-hydrogen) atoms. The van der Waals surface area contributed by atoms with Crippen LogP contribution in [0.2, 0.25) is 0 Å². The molecule has 17 nitrogen and oxygen atoms in total. The third-order valence-corrected chi connectivity index (χ3v) is 12.1. The van der Waals surface area contributed by atoms with Crippen LogP contribution in [0.4, 0.5) is 38.9 Å². The second-order valence-electron chi connectivity index (χ2n) is 15.0. The smallest absolute Gasteiger partial charge is 0.744 e. The Balaban J connectivity index is 0.00000402. The van der Waals surface area contributed by atoms with Gasteiger partial charge in [-0.1, -0.05) is 36.4 Å². The number of fused-ring (bicyclic) bond motifs is 2. The van der Waals surface area contributed by atoms with Gasteiger partial charge in [0.15, 0.2) is 0 Å². The molecule has 8 aromatic rings. The fraction of sp³-hybridized carbons (Fsp3) is 0. The van der Waals surface area contributed by atoms with Gasteiger partial charge < -0.3 is 41.0 Å². The maximum absolute atomic E-state index is 13.0. The number of urea groups is 1. The summed E-state index contributed by atoms with van der Waals surface area (Å²) in [6.45, 7) is 0. The summed E-state index contributed by atoms with van der Waals surface area (Å²) < 4.78 is 68.6. The summed E-state index contributed by atoms with van der Waals surface area (Å²) in [5, 5.41) is 18.4. The number of hydrogen-bond donors (Lipinski definition) is 6. The number of anilines is 6. The van der Waals surface area contributed by atoms with Crippen molar-refractivity contribution in [2.45, 2.75) is 9.79 Å². The molecule has 0 atom stereocenters. The van der Waals surface area contributed by atoms with Gasteiger partial charge in [-0.2, -0.15) is 0 Å². The van der Waals surface area contributed by atoms with Crippen LogP contribution in [0.15, 0.2) is 180 Å². The topological polar surface area (TPSA) is 272 Å². The molecule has 0 bridgehead atoms. The molecule has 0 aromatic heterocycles. The van der Waals surface area contributed by atoms with Crippen LogP contribution in [0.25, 0.3) is 21.5 Å². The molecule has 0 spiro atoms. The summed E-state index contributed by atoms with van der Waals surface area (Å²) in [5.41, 5.74) is 3.55. The molecule has 0 aliphatic heterocycles. The Kier molecular flexibility index (Phi) is 16.8. The maximum Gasteiger partial charge on any atom is 1.00 e. The molecular weight excluding hydrogens is 959 g/mol. The SMILES string of the molecule is O=C(Nc1ccc(C(=O)Nc2ccc(C(=O)Nc3cccc4cc(S(=O)(=O)[O-])ccc34)cc2)cc1)Nc1ccc(C(=O)Nc2ccc(C(=O)Nc3cccc4cc(S(=O)(=O)[O-])ccc34)cc2)cc1.[Na+].[Na+]. The Hall–Kier alpha value is -6.75. The molecule has 8 aromatic carbocycles. The van der Waals surface area contributed by atoms with Crippen LogP contribution in [0.3, 0.4) is 0 Å². The normalized spacial score (nSPS) is 11.0. The number of rotatable bonds is 12. The van der Waals surface area contributed by atoms with E-state index in [0.29, 0.717) is 55.7 Å². The average Bonchev–Trinajstić information content (AvgIpc) is 3.31. The molecule has 21 heteroatoms. The molecule has 0 aliphatic rings. The first kappa shape index (κ1) is 52.6. The summed E-state index contributed by atoms with van der Waals surface area (Å²) in [6, 6.07) is 41.4. The first-order valence-corrected chi connectivity index (χ1v) is 23.0. The van der Waals surface area contributed by atoms with Crippen molar-refractivity contribution >= 4 is 106 Å². The van der Waals surface area contributed by atoms with Crippen LogP contribution in [0, 0.1) is 0 Å². The molecule has 0 heterocycles. The van der Waals surface area contributed by atoms with Crippen LogP contribution in [0.1, 0.15) is 41.4 Å². The molecule has 0 fully saturated rings. The zero-order valence-corrected chi connectivity index (χ0v) is 42.6. The molecule has 0 aliphatic carbocycles. The minimum Gasteiger partial charge on any atom is -0.744 e. The van der Waals surface area contributed by atoms with E-state index in [0.717, 1.165) is 0 Å². The van der Waals surface area contributed by atoms with E-state index in [1.54, 1.807) is 60.7 Å². The first-order valence-electron chi connectivity index (χ1n) is 20.2. The van der Waals surface area contributed by atoms with Crippen molar-refractivity contribution in [3.05, 3.63) is 192 Å². The van der Waals surface area contributed by atoms with Crippen LogP contribution < -0.4 is 91.0 Å². The van der Waals surface area contributed by atoms with E-state index < -0.39 is 49.9 Å². The largest absolute Gasteiger partial charge is 1.00 e. The summed E-state index contributed by atoms with van der Waals surface area (Å²) in [4.78, 5) is 64.0. The van der Waals surface area contributed by atoms with Crippen molar-refractivity contribution in [1.29, 1.82) is 0 Å². The third-order valence-electron chi connectivity index (χ3n) is 10.4. The van der Waals surface area contributed by atoms with Gasteiger partial charge >= 0.3 is 65.1 Å². The first-order chi connectivity index (χ1) is 32.5. The van der Waals surface area contributed by atoms with Gasteiger partial charge in [-0.25, -0.2) is 21.6 Å². The quantitative estimate of drug-likeness (QED) is 0.0765. The van der Waals surface area contributed by atoms with Crippen LogP contribution in [0.5, 0.6) is 0 Å². The molecule has 6 amide bonds. The number of carbonyl (C=O) groups is 5. The monoisotopic (exact) mass is 992 g/mol. The zero-order chi connectivity index (χ0) is 48.2. The number of carbonyl (C=O) groups excluding carboxylic acids is 5. The van der Waals surface area contributed by atoms with E-state index in [1.807, 2.05) is 0 Å². The van der Waals surface area contributed by atoms with Crippen LogP contribution in [-0.4, -0.2) is 55.6 Å². The predicted octanol–water partition coefficient (Wildman–Crippen LogP) is 2.46. The van der Waals surface area contributed by atoms with Gasteiger partial charge in [-0.15, -0.1) is 0 Å². The Labute approximate surface area is 444 Å². The number of hydrogen-bond acceptors (Lipinski definition) is 11. The Bertz CT molecular complexity index is 3310.